The van der Waals surface area contributed by atoms with Crippen LogP contribution >= 0.6 is 11.6 Å². The van der Waals surface area contributed by atoms with Crippen LogP contribution in [0, 0.1) is 5.82 Å². The summed E-state index contributed by atoms with van der Waals surface area (Å²) in [6.07, 6.45) is 0. The van der Waals surface area contributed by atoms with Crippen molar-refractivity contribution in [2.45, 2.75) is 0 Å². The summed E-state index contributed by atoms with van der Waals surface area (Å²) < 4.78 is 13.0. The molecular formula is C20H18ClFN4. The monoisotopic (exact) mass is 368 g/mol. The van der Waals surface area contributed by atoms with Crippen LogP contribution in [0.5, 0.6) is 0 Å². The third kappa shape index (κ3) is 3.63. The summed E-state index contributed by atoms with van der Waals surface area (Å²) in [6.45, 7) is 3.55. The molecule has 6 heteroatoms. The standard InChI is InChI=1S/C20H18ClFN4/c21-16-2-1-3-18(14-16)25-10-12-26(13-11-25)20-9-8-19(23-24-20)15-4-6-17(22)7-5-15/h1-9,14H,10-13H2. The normalized spacial score (nSPS) is 14.5. The Morgan fingerprint density at radius 2 is 1.54 bits per heavy atom. The first-order valence-electron chi connectivity index (χ1n) is 8.54. The van der Waals surface area contributed by atoms with E-state index in [2.05, 4.69) is 26.1 Å². The van der Waals surface area contributed by atoms with Gasteiger partial charge in [-0.05, 0) is 54.6 Å². The average Bonchev–Trinajstić information content (AvgIpc) is 2.69. The Bertz CT molecular complexity index is 875. The second-order valence-corrected chi connectivity index (χ2v) is 6.67. The number of piperazine rings is 1. The van der Waals surface area contributed by atoms with Crippen molar-refractivity contribution in [1.82, 2.24) is 10.2 Å². The number of hydrogen-bond donors (Lipinski definition) is 0. The van der Waals surface area contributed by atoms with Gasteiger partial charge in [-0.1, -0.05) is 17.7 Å². The Labute approximate surface area is 156 Å². The van der Waals surface area contributed by atoms with Crippen molar-refractivity contribution in [3.8, 4) is 11.3 Å². The van der Waals surface area contributed by atoms with Gasteiger partial charge in [-0.2, -0.15) is 0 Å². The summed E-state index contributed by atoms with van der Waals surface area (Å²) in [5, 5.41) is 9.41. The number of benzene rings is 2. The van der Waals surface area contributed by atoms with Crippen LogP contribution in [0.2, 0.25) is 5.02 Å². The molecule has 0 N–H and O–H groups in total. The first kappa shape index (κ1) is 16.8. The van der Waals surface area contributed by atoms with Gasteiger partial charge in [0.1, 0.15) is 5.82 Å². The highest BCUT2D eigenvalue weighted by Crippen LogP contribution is 2.23. The van der Waals surface area contributed by atoms with Gasteiger partial charge >= 0.3 is 0 Å². The first-order chi connectivity index (χ1) is 12.7. The molecule has 1 aliphatic heterocycles. The van der Waals surface area contributed by atoms with Gasteiger partial charge in [-0.15, -0.1) is 10.2 Å². The van der Waals surface area contributed by atoms with Gasteiger partial charge in [0.2, 0.25) is 0 Å². The number of aromatic nitrogens is 2. The van der Waals surface area contributed by atoms with Crippen molar-refractivity contribution in [3.05, 3.63) is 71.5 Å². The minimum atomic E-state index is -0.254. The van der Waals surface area contributed by atoms with Gasteiger partial charge in [0.05, 0.1) is 5.69 Å². The average molecular weight is 369 g/mol. The van der Waals surface area contributed by atoms with Gasteiger partial charge in [0.15, 0.2) is 5.82 Å². The minimum Gasteiger partial charge on any atom is -0.368 e. The molecule has 0 atom stereocenters. The van der Waals surface area contributed by atoms with Crippen LogP contribution in [-0.2, 0) is 0 Å². The third-order valence-electron chi connectivity index (χ3n) is 4.57. The SMILES string of the molecule is Fc1ccc(-c2ccc(N3CCN(c4cccc(Cl)c4)CC3)nn2)cc1. The van der Waals surface area contributed by atoms with Crippen LogP contribution in [0.15, 0.2) is 60.7 Å². The fourth-order valence-corrected chi connectivity index (χ4v) is 3.32. The Kier molecular flexibility index (Phi) is 4.71. The van der Waals surface area contributed by atoms with Crippen LogP contribution < -0.4 is 9.80 Å². The zero-order valence-electron chi connectivity index (χ0n) is 14.1. The molecule has 4 nitrogen and oxygen atoms in total. The lowest BCUT2D eigenvalue weighted by Gasteiger charge is -2.36. The van der Waals surface area contributed by atoms with Crippen molar-refractivity contribution in [2.75, 3.05) is 36.0 Å². The maximum Gasteiger partial charge on any atom is 0.151 e. The Hall–Kier alpha value is -2.66. The van der Waals surface area contributed by atoms with Crippen LogP contribution in [0.1, 0.15) is 0 Å². The van der Waals surface area contributed by atoms with Gasteiger partial charge < -0.3 is 9.80 Å². The van der Waals surface area contributed by atoms with Gasteiger partial charge in [-0.25, -0.2) is 4.39 Å². The van der Waals surface area contributed by atoms with E-state index in [-0.39, 0.29) is 5.82 Å². The maximum absolute atomic E-state index is 13.0. The van der Waals surface area contributed by atoms with Crippen molar-refractivity contribution in [1.29, 1.82) is 0 Å². The smallest absolute Gasteiger partial charge is 0.151 e. The van der Waals surface area contributed by atoms with E-state index in [0.717, 1.165) is 54.0 Å². The number of anilines is 2. The molecule has 132 valence electrons. The van der Waals surface area contributed by atoms with E-state index in [1.54, 1.807) is 12.1 Å². The van der Waals surface area contributed by atoms with Gasteiger partial charge in [0.25, 0.3) is 0 Å². The third-order valence-corrected chi connectivity index (χ3v) is 4.80. The molecule has 0 saturated carbocycles. The zero-order chi connectivity index (χ0) is 17.9. The molecule has 0 radical (unpaired) electrons. The fourth-order valence-electron chi connectivity index (χ4n) is 3.14. The van der Waals surface area contributed by atoms with Crippen molar-refractivity contribution in [3.63, 3.8) is 0 Å². The lowest BCUT2D eigenvalue weighted by atomic mass is 10.1. The second-order valence-electron chi connectivity index (χ2n) is 6.24. The summed E-state index contributed by atoms with van der Waals surface area (Å²) in [5.74, 6) is 0.609. The molecule has 4 rings (SSSR count). The molecule has 3 aromatic rings. The van der Waals surface area contributed by atoms with Crippen LogP contribution in [0.25, 0.3) is 11.3 Å². The topological polar surface area (TPSA) is 32.3 Å². The molecule has 1 saturated heterocycles. The highest BCUT2D eigenvalue weighted by Gasteiger charge is 2.19. The molecule has 2 heterocycles. The van der Waals surface area contributed by atoms with E-state index in [4.69, 9.17) is 11.6 Å². The summed E-state index contributed by atoms with van der Waals surface area (Å²) >= 11 is 6.09. The largest absolute Gasteiger partial charge is 0.368 e. The van der Waals surface area contributed by atoms with E-state index >= 15 is 0 Å². The number of rotatable bonds is 3. The van der Waals surface area contributed by atoms with E-state index in [1.165, 1.54) is 12.1 Å². The van der Waals surface area contributed by atoms with Gasteiger partial charge in [0, 0.05) is 42.5 Å². The van der Waals surface area contributed by atoms with Crippen LogP contribution in [0.4, 0.5) is 15.9 Å². The maximum atomic E-state index is 13.0. The van der Waals surface area contributed by atoms with Crippen molar-refractivity contribution < 1.29 is 4.39 Å². The lowest BCUT2D eigenvalue weighted by molar-refractivity contribution is 0.628. The summed E-state index contributed by atoms with van der Waals surface area (Å²) in [4.78, 5) is 4.55. The van der Waals surface area contributed by atoms with Gasteiger partial charge in [-0.3, -0.25) is 0 Å². The van der Waals surface area contributed by atoms with Crippen LogP contribution in [-0.4, -0.2) is 36.4 Å². The van der Waals surface area contributed by atoms with E-state index in [0.29, 0.717) is 0 Å². The second kappa shape index (κ2) is 7.30. The number of hydrogen-bond acceptors (Lipinski definition) is 4. The molecule has 0 bridgehead atoms. The molecular weight excluding hydrogens is 351 g/mol. The molecule has 0 aliphatic carbocycles. The number of halogens is 2. The fraction of sp³-hybridized carbons (Fsp3) is 0.200. The van der Waals surface area contributed by atoms with E-state index < -0.39 is 0 Å². The first-order valence-corrected chi connectivity index (χ1v) is 8.92. The number of nitrogens with zero attached hydrogens (tertiary/aromatic N) is 4. The molecule has 1 aromatic heterocycles. The van der Waals surface area contributed by atoms with Crippen molar-refractivity contribution >= 4 is 23.1 Å². The van der Waals surface area contributed by atoms with E-state index in [1.807, 2.05) is 30.3 Å². The quantitative estimate of drug-likeness (QED) is 0.691. The molecule has 0 spiro atoms. The molecule has 1 aliphatic rings. The Morgan fingerprint density at radius 3 is 2.19 bits per heavy atom. The zero-order valence-corrected chi connectivity index (χ0v) is 14.9. The Morgan fingerprint density at radius 1 is 0.808 bits per heavy atom. The molecule has 26 heavy (non-hydrogen) atoms. The molecule has 1 fully saturated rings. The predicted molar refractivity (Wildman–Crippen MR) is 103 cm³/mol. The lowest BCUT2D eigenvalue weighted by Crippen LogP contribution is -2.46. The highest BCUT2D eigenvalue weighted by atomic mass is 35.5. The predicted octanol–water partition coefficient (Wildman–Crippen LogP) is 4.26. The Balaban J connectivity index is 1.42. The minimum absolute atomic E-state index is 0.254. The summed E-state index contributed by atoms with van der Waals surface area (Å²) in [5.41, 5.74) is 2.75. The highest BCUT2D eigenvalue weighted by molar-refractivity contribution is 6.30. The van der Waals surface area contributed by atoms with E-state index in [9.17, 15) is 4.39 Å². The summed E-state index contributed by atoms with van der Waals surface area (Å²) in [7, 11) is 0. The summed E-state index contributed by atoms with van der Waals surface area (Å²) in [6, 6.07) is 18.1. The molecule has 0 unspecified atom stereocenters. The van der Waals surface area contributed by atoms with Crippen molar-refractivity contribution in [2.24, 2.45) is 0 Å². The molecule has 2 aromatic carbocycles. The van der Waals surface area contributed by atoms with Crippen LogP contribution in [0.3, 0.4) is 0 Å². The molecule has 0 amide bonds.